The topological polar surface area (TPSA) is 117 Å². The fraction of sp³-hybridized carbons (Fsp3) is 0.424. The van der Waals surface area contributed by atoms with Gasteiger partial charge in [-0.3, -0.25) is 28.9 Å². The Hall–Kier alpha value is -4.63. The Morgan fingerprint density at radius 1 is 1.02 bits per heavy atom. The first-order valence-electron chi connectivity index (χ1n) is 15.5. The summed E-state index contributed by atoms with van der Waals surface area (Å²) in [5, 5.41) is 6.98. The van der Waals surface area contributed by atoms with Gasteiger partial charge in [0.15, 0.2) is 11.3 Å². The first kappa shape index (κ1) is 33.3. The lowest BCUT2D eigenvalue weighted by Gasteiger charge is -2.40. The molecule has 3 heterocycles. The third-order valence-electron chi connectivity index (χ3n) is 9.31. The number of rotatable bonds is 9. The smallest absolute Gasteiger partial charge is 0.379 e. The molecule has 2 aromatic carbocycles. The Morgan fingerprint density at radius 3 is 2.42 bits per heavy atom. The van der Waals surface area contributed by atoms with Crippen molar-refractivity contribution in [2.45, 2.75) is 50.6 Å². The van der Waals surface area contributed by atoms with Gasteiger partial charge in [0.2, 0.25) is 5.91 Å². The summed E-state index contributed by atoms with van der Waals surface area (Å²) in [6, 6.07) is 8.49. The Balaban J connectivity index is 1.21. The average Bonchev–Trinajstić information content (AvgIpc) is 3.70. The van der Waals surface area contributed by atoms with Gasteiger partial charge in [-0.15, -0.1) is 0 Å². The zero-order chi connectivity index (χ0) is 34.4. The fourth-order valence-corrected chi connectivity index (χ4v) is 6.28. The summed E-state index contributed by atoms with van der Waals surface area (Å²) in [4.78, 5) is 57.1. The molecule has 1 atom stereocenters. The van der Waals surface area contributed by atoms with Crippen molar-refractivity contribution in [3.63, 3.8) is 0 Å². The van der Waals surface area contributed by atoms with E-state index in [2.05, 4.69) is 15.3 Å². The van der Waals surface area contributed by atoms with Crippen molar-refractivity contribution in [1.29, 1.82) is 0 Å². The molecule has 1 aliphatic carbocycles. The maximum Gasteiger partial charge on any atom is 0.411 e. The number of benzene rings is 2. The summed E-state index contributed by atoms with van der Waals surface area (Å²) in [6.45, 7) is 4.59. The van der Waals surface area contributed by atoms with Gasteiger partial charge in [-0.05, 0) is 48.7 Å². The van der Waals surface area contributed by atoms with Crippen LogP contribution in [-0.2, 0) is 33.0 Å². The summed E-state index contributed by atoms with van der Waals surface area (Å²) in [5.41, 5.74) is -2.43. The van der Waals surface area contributed by atoms with E-state index in [1.807, 2.05) is 6.20 Å². The highest BCUT2D eigenvalue weighted by Crippen LogP contribution is 2.43. The van der Waals surface area contributed by atoms with Crippen molar-refractivity contribution in [3.8, 4) is 11.1 Å². The predicted molar refractivity (Wildman–Crippen MR) is 163 cm³/mol. The number of fused-ring (bicyclic) bond motifs is 2. The van der Waals surface area contributed by atoms with E-state index in [1.54, 1.807) is 29.1 Å². The predicted octanol–water partition coefficient (Wildman–Crippen LogP) is 3.72. The van der Waals surface area contributed by atoms with Crippen LogP contribution in [0.2, 0.25) is 0 Å². The van der Waals surface area contributed by atoms with Crippen molar-refractivity contribution < 1.29 is 41.5 Å². The van der Waals surface area contributed by atoms with E-state index in [4.69, 9.17) is 4.74 Å². The number of carbonyl (C=O) groups is 4. The standard InChI is InChI=1S/C33H34F4N6O5/c1-31(2,33(35,36)37)43(18-21-3-6-24(34)7-4-21)28(45)20-42-29(46)32(39-30(42)47)16-27(44)25-15-22(5-8-26(25)32)23-17-38-41(19-23)10-9-40-11-13-48-14-12-40/h3-8,15,17,19H,9-14,16,18,20H2,1-2H3,(H,39,47)/t32-/m0/s1. The molecule has 1 aromatic heterocycles. The van der Waals surface area contributed by atoms with Crippen molar-refractivity contribution in [2.24, 2.45) is 0 Å². The number of carbonyl (C=O) groups excluding carboxylic acids is 4. The molecule has 254 valence electrons. The summed E-state index contributed by atoms with van der Waals surface area (Å²) in [7, 11) is 0. The molecule has 15 heteroatoms. The number of morpholine rings is 1. The number of alkyl halides is 3. The number of ether oxygens (including phenoxy) is 1. The van der Waals surface area contributed by atoms with Gasteiger partial charge in [0.1, 0.15) is 17.9 Å². The second-order valence-corrected chi connectivity index (χ2v) is 12.7. The molecular weight excluding hydrogens is 636 g/mol. The molecule has 11 nitrogen and oxygen atoms in total. The lowest BCUT2D eigenvalue weighted by Crippen LogP contribution is -2.58. The molecule has 6 rings (SSSR count). The van der Waals surface area contributed by atoms with Crippen LogP contribution < -0.4 is 5.32 Å². The molecule has 2 saturated heterocycles. The summed E-state index contributed by atoms with van der Waals surface area (Å²) in [6.07, 6.45) is -1.76. The normalized spacial score (nSPS) is 20.0. The third kappa shape index (κ3) is 6.07. The van der Waals surface area contributed by atoms with Crippen molar-refractivity contribution in [1.82, 2.24) is 29.8 Å². The lowest BCUT2D eigenvalue weighted by molar-refractivity contribution is -0.223. The van der Waals surface area contributed by atoms with Gasteiger partial charge in [0.05, 0.1) is 26.0 Å². The fourth-order valence-electron chi connectivity index (χ4n) is 6.28. The van der Waals surface area contributed by atoms with E-state index < -0.39 is 66.2 Å². The maximum absolute atomic E-state index is 14.1. The van der Waals surface area contributed by atoms with Crippen LogP contribution in [0, 0.1) is 5.82 Å². The summed E-state index contributed by atoms with van der Waals surface area (Å²) >= 11 is 0. The highest BCUT2D eigenvalue weighted by atomic mass is 19.4. The first-order valence-corrected chi connectivity index (χ1v) is 15.5. The van der Waals surface area contributed by atoms with E-state index in [0.29, 0.717) is 35.1 Å². The molecule has 4 amide bonds. The number of nitrogens with one attached hydrogen (secondary N) is 1. The van der Waals surface area contributed by atoms with Crippen molar-refractivity contribution in [3.05, 3.63) is 77.4 Å². The second-order valence-electron chi connectivity index (χ2n) is 12.7. The number of hydrogen-bond acceptors (Lipinski definition) is 7. The van der Waals surface area contributed by atoms with Gasteiger partial charge in [-0.2, -0.15) is 18.3 Å². The molecule has 2 fully saturated rings. The van der Waals surface area contributed by atoms with E-state index >= 15 is 0 Å². The van der Waals surface area contributed by atoms with Crippen LogP contribution in [0.5, 0.6) is 0 Å². The number of urea groups is 1. The van der Waals surface area contributed by atoms with Crippen LogP contribution >= 0.6 is 0 Å². The average molecular weight is 671 g/mol. The minimum absolute atomic E-state index is 0.213. The minimum Gasteiger partial charge on any atom is -0.379 e. The zero-order valence-electron chi connectivity index (χ0n) is 26.3. The highest BCUT2D eigenvalue weighted by Gasteiger charge is 2.59. The summed E-state index contributed by atoms with van der Waals surface area (Å²) < 4.78 is 63.0. The van der Waals surface area contributed by atoms with Crippen molar-refractivity contribution in [2.75, 3.05) is 39.4 Å². The van der Waals surface area contributed by atoms with Crippen LogP contribution in [0.3, 0.4) is 0 Å². The highest BCUT2D eigenvalue weighted by molar-refractivity contribution is 6.17. The Morgan fingerprint density at radius 2 is 1.73 bits per heavy atom. The summed E-state index contributed by atoms with van der Waals surface area (Å²) in [5.74, 6) is -3.09. The number of amides is 4. The van der Waals surface area contributed by atoms with Gasteiger partial charge >= 0.3 is 12.2 Å². The van der Waals surface area contributed by atoms with E-state index in [9.17, 15) is 36.7 Å². The van der Waals surface area contributed by atoms with Crippen LogP contribution in [0.25, 0.3) is 11.1 Å². The van der Waals surface area contributed by atoms with Crippen LogP contribution in [0.15, 0.2) is 54.9 Å². The molecule has 3 aromatic rings. The molecule has 0 radical (unpaired) electrons. The molecule has 1 N–H and O–H groups in total. The largest absolute Gasteiger partial charge is 0.411 e. The molecule has 0 saturated carbocycles. The SMILES string of the molecule is CC(C)(N(Cc1ccc(F)cc1)C(=O)CN1C(=O)N[C@]2(CC(=O)c3cc(-c4cnn(CCN5CCOCC5)c4)ccc32)C1=O)C(F)(F)F. The van der Waals surface area contributed by atoms with E-state index in [1.165, 1.54) is 12.1 Å². The number of Topliss-reactive ketones (excluding diaryl/α,β-unsaturated/α-hetero) is 1. The number of ketones is 1. The van der Waals surface area contributed by atoms with E-state index in [0.717, 1.165) is 51.2 Å². The number of imide groups is 1. The number of aromatic nitrogens is 2. The molecule has 1 spiro atoms. The van der Waals surface area contributed by atoms with Gasteiger partial charge in [0.25, 0.3) is 5.91 Å². The molecule has 3 aliphatic rings. The Kier molecular flexibility index (Phi) is 8.62. The molecule has 2 aliphatic heterocycles. The Bertz CT molecular complexity index is 1750. The van der Waals surface area contributed by atoms with E-state index in [-0.39, 0.29) is 16.7 Å². The van der Waals surface area contributed by atoms with Gasteiger partial charge in [0, 0.05) is 49.9 Å². The molecular formula is C33H34F4N6O5. The monoisotopic (exact) mass is 670 g/mol. The lowest BCUT2D eigenvalue weighted by atomic mass is 9.90. The number of halogens is 4. The minimum atomic E-state index is -4.88. The first-order chi connectivity index (χ1) is 22.7. The quantitative estimate of drug-likeness (QED) is 0.273. The number of nitrogens with zero attached hydrogens (tertiary/aromatic N) is 5. The number of hydrogen-bond donors (Lipinski definition) is 1. The van der Waals surface area contributed by atoms with Gasteiger partial charge < -0.3 is 15.0 Å². The molecule has 0 bridgehead atoms. The maximum atomic E-state index is 14.1. The Labute approximate surface area is 273 Å². The van der Waals surface area contributed by atoms with Crippen molar-refractivity contribution >= 4 is 23.6 Å². The zero-order valence-corrected chi connectivity index (χ0v) is 26.3. The van der Waals surface area contributed by atoms with Gasteiger partial charge in [-0.25, -0.2) is 9.18 Å². The van der Waals surface area contributed by atoms with Gasteiger partial charge in [-0.1, -0.05) is 24.3 Å². The second kappa shape index (κ2) is 12.4. The van der Waals surface area contributed by atoms with Crippen LogP contribution in [-0.4, -0.2) is 99.2 Å². The molecule has 48 heavy (non-hydrogen) atoms. The van der Waals surface area contributed by atoms with Crippen LogP contribution in [0.4, 0.5) is 22.4 Å². The van der Waals surface area contributed by atoms with Crippen LogP contribution in [0.1, 0.15) is 41.8 Å². The molecule has 0 unspecified atom stereocenters. The third-order valence-corrected chi connectivity index (χ3v) is 9.31.